The van der Waals surface area contributed by atoms with Gasteiger partial charge in [-0.05, 0) is 57.3 Å². The summed E-state index contributed by atoms with van der Waals surface area (Å²) >= 11 is 0. The summed E-state index contributed by atoms with van der Waals surface area (Å²) in [6.07, 6.45) is 6.02. The normalized spacial score (nSPS) is 13.4. The van der Waals surface area contributed by atoms with E-state index in [2.05, 4.69) is 81.4 Å². The van der Waals surface area contributed by atoms with Gasteiger partial charge < -0.3 is 0 Å². The standard InChI is InChI=1S/C25H26/c1-4-8-18-13-21-15-20(17(2)3)16-25(24(21)14-18)23-12-7-10-19-9-5-6-11-22(19)23/h5-7,9-12,14-17H,4,8,13H2,1-3H3. The summed E-state index contributed by atoms with van der Waals surface area (Å²) in [5, 5.41) is 2.67. The Balaban J connectivity index is 1.97. The van der Waals surface area contributed by atoms with E-state index in [1.54, 1.807) is 5.57 Å². The van der Waals surface area contributed by atoms with E-state index in [-0.39, 0.29) is 0 Å². The Labute approximate surface area is 151 Å². The Bertz CT molecular complexity index is 952. The fourth-order valence-electron chi connectivity index (χ4n) is 4.05. The van der Waals surface area contributed by atoms with Crippen molar-refractivity contribution in [2.45, 2.75) is 46.0 Å². The Hall–Kier alpha value is -2.34. The molecule has 1 aliphatic rings. The number of hydrogen-bond acceptors (Lipinski definition) is 0. The highest BCUT2D eigenvalue weighted by Crippen LogP contribution is 2.40. The zero-order valence-electron chi connectivity index (χ0n) is 15.5. The predicted octanol–water partition coefficient (Wildman–Crippen LogP) is 7.37. The lowest BCUT2D eigenvalue weighted by Gasteiger charge is -2.15. The number of fused-ring (bicyclic) bond motifs is 2. The monoisotopic (exact) mass is 326 g/mol. The first-order valence-electron chi connectivity index (χ1n) is 9.51. The number of rotatable bonds is 4. The molecule has 0 spiro atoms. The van der Waals surface area contributed by atoms with Crippen LogP contribution in [0.25, 0.3) is 28.0 Å². The molecule has 25 heavy (non-hydrogen) atoms. The zero-order chi connectivity index (χ0) is 17.4. The van der Waals surface area contributed by atoms with Crippen LogP contribution >= 0.6 is 0 Å². The van der Waals surface area contributed by atoms with Crippen molar-refractivity contribution in [2.24, 2.45) is 0 Å². The molecule has 0 N–H and O–H groups in total. The third kappa shape index (κ3) is 2.91. The van der Waals surface area contributed by atoms with E-state index in [1.807, 2.05) is 0 Å². The molecule has 0 atom stereocenters. The van der Waals surface area contributed by atoms with E-state index in [9.17, 15) is 0 Å². The Morgan fingerprint density at radius 1 is 0.920 bits per heavy atom. The maximum absolute atomic E-state index is 2.46. The topological polar surface area (TPSA) is 0 Å². The lowest BCUT2D eigenvalue weighted by molar-refractivity contribution is 0.859. The minimum Gasteiger partial charge on any atom is -0.0652 e. The van der Waals surface area contributed by atoms with E-state index in [0.717, 1.165) is 6.42 Å². The van der Waals surface area contributed by atoms with Gasteiger partial charge in [-0.3, -0.25) is 0 Å². The van der Waals surface area contributed by atoms with E-state index in [1.165, 1.54) is 51.4 Å². The molecular weight excluding hydrogens is 300 g/mol. The Morgan fingerprint density at radius 2 is 1.72 bits per heavy atom. The fourth-order valence-corrected chi connectivity index (χ4v) is 4.05. The molecule has 126 valence electrons. The van der Waals surface area contributed by atoms with E-state index >= 15 is 0 Å². The van der Waals surface area contributed by atoms with E-state index < -0.39 is 0 Å². The first-order valence-corrected chi connectivity index (χ1v) is 9.51. The van der Waals surface area contributed by atoms with Gasteiger partial charge >= 0.3 is 0 Å². The lowest BCUT2D eigenvalue weighted by atomic mass is 9.89. The van der Waals surface area contributed by atoms with Crippen molar-refractivity contribution in [3.8, 4) is 11.1 Å². The molecule has 0 aromatic heterocycles. The fraction of sp³-hybridized carbons (Fsp3) is 0.280. The molecule has 0 heterocycles. The molecule has 0 fully saturated rings. The van der Waals surface area contributed by atoms with Crippen molar-refractivity contribution < 1.29 is 0 Å². The van der Waals surface area contributed by atoms with Crippen LogP contribution in [-0.2, 0) is 6.42 Å². The molecule has 4 rings (SSSR count). The molecule has 0 heteroatoms. The third-order valence-electron chi connectivity index (χ3n) is 5.37. The maximum Gasteiger partial charge on any atom is -0.00575 e. The van der Waals surface area contributed by atoms with Gasteiger partial charge in [0.25, 0.3) is 0 Å². The first kappa shape index (κ1) is 16.1. The highest BCUT2D eigenvalue weighted by atomic mass is 14.2. The molecule has 0 unspecified atom stereocenters. The molecule has 3 aromatic carbocycles. The van der Waals surface area contributed by atoms with Gasteiger partial charge in [0.05, 0.1) is 0 Å². The van der Waals surface area contributed by atoms with Gasteiger partial charge in [0.1, 0.15) is 0 Å². The smallest absolute Gasteiger partial charge is 0.00575 e. The van der Waals surface area contributed by atoms with Crippen LogP contribution in [0.15, 0.2) is 60.2 Å². The van der Waals surface area contributed by atoms with Crippen LogP contribution in [0.1, 0.15) is 56.2 Å². The summed E-state index contributed by atoms with van der Waals surface area (Å²) in [6.45, 7) is 6.86. The van der Waals surface area contributed by atoms with Crippen LogP contribution in [0, 0.1) is 0 Å². The Kier molecular flexibility index (Phi) is 4.21. The van der Waals surface area contributed by atoms with Crippen LogP contribution < -0.4 is 0 Å². The zero-order valence-corrected chi connectivity index (χ0v) is 15.5. The average Bonchev–Trinajstić information content (AvgIpc) is 3.03. The molecule has 0 amide bonds. The van der Waals surface area contributed by atoms with Gasteiger partial charge in [-0.2, -0.15) is 0 Å². The number of hydrogen-bond donors (Lipinski definition) is 0. The van der Waals surface area contributed by atoms with Crippen molar-refractivity contribution >= 4 is 16.8 Å². The quantitative estimate of drug-likeness (QED) is 0.469. The van der Waals surface area contributed by atoms with Crippen molar-refractivity contribution in [3.05, 3.63) is 76.9 Å². The second-order valence-electron chi connectivity index (χ2n) is 7.55. The van der Waals surface area contributed by atoms with Gasteiger partial charge in [0.15, 0.2) is 0 Å². The van der Waals surface area contributed by atoms with Gasteiger partial charge in [-0.15, -0.1) is 0 Å². The summed E-state index contributed by atoms with van der Waals surface area (Å²) in [4.78, 5) is 0. The third-order valence-corrected chi connectivity index (χ3v) is 5.37. The van der Waals surface area contributed by atoms with Crippen molar-refractivity contribution in [3.63, 3.8) is 0 Å². The maximum atomic E-state index is 2.46. The second-order valence-corrected chi connectivity index (χ2v) is 7.55. The van der Waals surface area contributed by atoms with Crippen LogP contribution in [0.2, 0.25) is 0 Å². The first-order chi connectivity index (χ1) is 12.2. The van der Waals surface area contributed by atoms with Crippen LogP contribution in [-0.4, -0.2) is 0 Å². The lowest BCUT2D eigenvalue weighted by Crippen LogP contribution is -1.95. The highest BCUT2D eigenvalue weighted by molar-refractivity contribution is 5.99. The molecule has 3 aromatic rings. The predicted molar refractivity (Wildman–Crippen MR) is 110 cm³/mol. The van der Waals surface area contributed by atoms with Gasteiger partial charge in [0.2, 0.25) is 0 Å². The Morgan fingerprint density at radius 3 is 2.52 bits per heavy atom. The minimum absolute atomic E-state index is 0.550. The van der Waals surface area contributed by atoms with E-state index in [4.69, 9.17) is 0 Å². The van der Waals surface area contributed by atoms with E-state index in [0.29, 0.717) is 5.92 Å². The van der Waals surface area contributed by atoms with Crippen LogP contribution in [0.5, 0.6) is 0 Å². The van der Waals surface area contributed by atoms with Crippen molar-refractivity contribution in [1.82, 2.24) is 0 Å². The molecule has 0 aliphatic heterocycles. The summed E-state index contributed by atoms with van der Waals surface area (Å²) in [5.74, 6) is 0.550. The van der Waals surface area contributed by atoms with Crippen LogP contribution in [0.3, 0.4) is 0 Å². The SMILES string of the molecule is CCCC1=Cc2c(cc(C(C)C)cc2-c2cccc3ccccc23)C1. The molecule has 0 radical (unpaired) electrons. The summed E-state index contributed by atoms with van der Waals surface area (Å²) < 4.78 is 0. The largest absolute Gasteiger partial charge is 0.0652 e. The van der Waals surface area contributed by atoms with Crippen LogP contribution in [0.4, 0.5) is 0 Å². The minimum atomic E-state index is 0.550. The molecule has 0 saturated heterocycles. The summed E-state index contributed by atoms with van der Waals surface area (Å²) in [7, 11) is 0. The summed E-state index contributed by atoms with van der Waals surface area (Å²) in [6, 6.07) is 20.3. The van der Waals surface area contributed by atoms with Gasteiger partial charge in [0, 0.05) is 0 Å². The molecule has 0 nitrogen and oxygen atoms in total. The average molecular weight is 326 g/mol. The highest BCUT2D eigenvalue weighted by Gasteiger charge is 2.19. The molecule has 1 aliphatic carbocycles. The second kappa shape index (κ2) is 6.52. The van der Waals surface area contributed by atoms with Gasteiger partial charge in [-0.25, -0.2) is 0 Å². The molecule has 0 saturated carbocycles. The number of allylic oxidation sites excluding steroid dienone is 1. The summed E-state index contributed by atoms with van der Waals surface area (Å²) in [5.41, 5.74) is 8.77. The molecule has 0 bridgehead atoms. The molecular formula is C25H26. The number of benzene rings is 3. The van der Waals surface area contributed by atoms with Crippen molar-refractivity contribution in [2.75, 3.05) is 0 Å². The van der Waals surface area contributed by atoms with Crippen molar-refractivity contribution in [1.29, 1.82) is 0 Å². The van der Waals surface area contributed by atoms with Gasteiger partial charge in [-0.1, -0.05) is 93.4 Å².